The van der Waals surface area contributed by atoms with E-state index >= 15 is 0 Å². The van der Waals surface area contributed by atoms with Crippen LogP contribution in [0.25, 0.3) is 0 Å². The summed E-state index contributed by atoms with van der Waals surface area (Å²) >= 11 is 0. The lowest BCUT2D eigenvalue weighted by Gasteiger charge is -2.12. The van der Waals surface area contributed by atoms with Crippen LogP contribution in [0.1, 0.15) is 40.0 Å². The van der Waals surface area contributed by atoms with Crippen LogP contribution in [0.15, 0.2) is 4.99 Å². The Bertz CT molecular complexity index is 193. The minimum atomic E-state index is 0.776. The van der Waals surface area contributed by atoms with Gasteiger partial charge in [0.2, 0.25) is 0 Å². The Morgan fingerprint density at radius 2 is 1.82 bits per heavy atom. The number of guanidine groups is 1. The van der Waals surface area contributed by atoms with Gasteiger partial charge >= 0.3 is 0 Å². The molecule has 0 aromatic rings. The first kappa shape index (κ1) is 16.2. The first-order chi connectivity index (χ1) is 8.20. The van der Waals surface area contributed by atoms with Gasteiger partial charge in [0.1, 0.15) is 0 Å². The SMILES string of the molecule is CCOCCCNC(=NC)NCCCC(C)C. The van der Waals surface area contributed by atoms with Crippen LogP contribution in [0, 0.1) is 5.92 Å². The van der Waals surface area contributed by atoms with Crippen LogP contribution in [0.4, 0.5) is 0 Å². The Labute approximate surface area is 106 Å². The molecule has 0 fully saturated rings. The van der Waals surface area contributed by atoms with E-state index in [9.17, 15) is 0 Å². The van der Waals surface area contributed by atoms with Crippen molar-refractivity contribution in [1.82, 2.24) is 10.6 Å². The van der Waals surface area contributed by atoms with Crippen LogP contribution in [0.3, 0.4) is 0 Å². The summed E-state index contributed by atoms with van der Waals surface area (Å²) in [6.45, 7) is 10.0. The molecule has 4 heteroatoms. The molecule has 0 saturated carbocycles. The second kappa shape index (κ2) is 11.7. The summed E-state index contributed by atoms with van der Waals surface area (Å²) in [6, 6.07) is 0. The summed E-state index contributed by atoms with van der Waals surface area (Å²) < 4.78 is 5.27. The zero-order valence-electron chi connectivity index (χ0n) is 11.9. The molecule has 2 N–H and O–H groups in total. The van der Waals surface area contributed by atoms with Gasteiger partial charge < -0.3 is 15.4 Å². The third-order valence-corrected chi connectivity index (χ3v) is 2.44. The van der Waals surface area contributed by atoms with E-state index in [0.29, 0.717) is 0 Å². The number of nitrogens with one attached hydrogen (secondary N) is 2. The van der Waals surface area contributed by atoms with Gasteiger partial charge in [0.25, 0.3) is 0 Å². The maximum Gasteiger partial charge on any atom is 0.190 e. The lowest BCUT2D eigenvalue weighted by atomic mass is 10.1. The van der Waals surface area contributed by atoms with Crippen molar-refractivity contribution in [2.24, 2.45) is 10.9 Å². The topological polar surface area (TPSA) is 45.6 Å². The average molecular weight is 243 g/mol. The normalized spacial score (nSPS) is 11.9. The first-order valence-electron chi connectivity index (χ1n) is 6.73. The fourth-order valence-corrected chi connectivity index (χ4v) is 1.46. The first-order valence-corrected chi connectivity index (χ1v) is 6.73. The predicted octanol–water partition coefficient (Wildman–Crippen LogP) is 2.01. The predicted molar refractivity (Wildman–Crippen MR) is 74.5 cm³/mol. The molecule has 0 aromatic carbocycles. The number of ether oxygens (including phenoxy) is 1. The van der Waals surface area contributed by atoms with Gasteiger partial charge in [-0.25, -0.2) is 0 Å². The van der Waals surface area contributed by atoms with Crippen LogP contribution in [-0.4, -0.2) is 39.3 Å². The monoisotopic (exact) mass is 243 g/mol. The molecule has 0 radical (unpaired) electrons. The van der Waals surface area contributed by atoms with E-state index in [-0.39, 0.29) is 0 Å². The number of nitrogens with zero attached hydrogens (tertiary/aromatic N) is 1. The molecule has 0 saturated heterocycles. The average Bonchev–Trinajstić information content (AvgIpc) is 2.31. The second-order valence-corrected chi connectivity index (χ2v) is 4.51. The Kier molecular flexibility index (Phi) is 11.2. The van der Waals surface area contributed by atoms with Gasteiger partial charge in [-0.3, -0.25) is 4.99 Å². The number of aliphatic imine (C=N–C) groups is 1. The molecule has 4 nitrogen and oxygen atoms in total. The number of hydrogen-bond donors (Lipinski definition) is 2. The fourth-order valence-electron chi connectivity index (χ4n) is 1.46. The zero-order valence-corrected chi connectivity index (χ0v) is 11.9. The van der Waals surface area contributed by atoms with Crippen molar-refractivity contribution in [2.45, 2.75) is 40.0 Å². The maximum absolute atomic E-state index is 5.27. The van der Waals surface area contributed by atoms with Crippen molar-refractivity contribution in [3.63, 3.8) is 0 Å². The summed E-state index contributed by atoms with van der Waals surface area (Å²) in [6.07, 6.45) is 3.46. The molecular formula is C13H29N3O. The minimum absolute atomic E-state index is 0.776. The molecule has 17 heavy (non-hydrogen) atoms. The molecule has 0 unspecified atom stereocenters. The van der Waals surface area contributed by atoms with E-state index in [1.807, 2.05) is 6.92 Å². The van der Waals surface area contributed by atoms with Gasteiger partial charge in [-0.1, -0.05) is 13.8 Å². The van der Waals surface area contributed by atoms with Gasteiger partial charge in [0.15, 0.2) is 5.96 Å². The van der Waals surface area contributed by atoms with Crippen molar-refractivity contribution in [3.8, 4) is 0 Å². The van der Waals surface area contributed by atoms with E-state index in [1.54, 1.807) is 7.05 Å². The van der Waals surface area contributed by atoms with E-state index in [0.717, 1.165) is 44.6 Å². The van der Waals surface area contributed by atoms with Gasteiger partial charge in [-0.15, -0.1) is 0 Å². The largest absolute Gasteiger partial charge is 0.382 e. The van der Waals surface area contributed by atoms with Crippen LogP contribution in [0.2, 0.25) is 0 Å². The lowest BCUT2D eigenvalue weighted by molar-refractivity contribution is 0.145. The van der Waals surface area contributed by atoms with E-state index in [4.69, 9.17) is 4.74 Å². The number of rotatable bonds is 9. The molecule has 102 valence electrons. The molecule has 0 spiro atoms. The highest BCUT2D eigenvalue weighted by molar-refractivity contribution is 5.79. The highest BCUT2D eigenvalue weighted by Crippen LogP contribution is 2.01. The summed E-state index contributed by atoms with van der Waals surface area (Å²) in [7, 11) is 1.81. The Morgan fingerprint density at radius 3 is 2.35 bits per heavy atom. The summed E-state index contributed by atoms with van der Waals surface area (Å²) in [5.74, 6) is 1.67. The van der Waals surface area contributed by atoms with Crippen molar-refractivity contribution in [1.29, 1.82) is 0 Å². The van der Waals surface area contributed by atoms with E-state index in [2.05, 4.69) is 29.5 Å². The molecule has 0 aliphatic rings. The summed E-state index contributed by atoms with van der Waals surface area (Å²) in [5, 5.41) is 6.59. The summed E-state index contributed by atoms with van der Waals surface area (Å²) in [4.78, 5) is 4.18. The van der Waals surface area contributed by atoms with Crippen molar-refractivity contribution in [3.05, 3.63) is 0 Å². The van der Waals surface area contributed by atoms with Gasteiger partial charge in [0, 0.05) is 33.4 Å². The smallest absolute Gasteiger partial charge is 0.190 e. The molecule has 0 rings (SSSR count). The lowest BCUT2D eigenvalue weighted by Crippen LogP contribution is -2.38. The highest BCUT2D eigenvalue weighted by Gasteiger charge is 1.97. The van der Waals surface area contributed by atoms with Crippen molar-refractivity contribution >= 4 is 5.96 Å². The Balaban J connectivity index is 3.44. The molecule has 0 aliphatic carbocycles. The maximum atomic E-state index is 5.27. The molecule has 0 aliphatic heterocycles. The van der Waals surface area contributed by atoms with Crippen LogP contribution in [0.5, 0.6) is 0 Å². The molecule has 0 heterocycles. The molecule has 0 amide bonds. The Morgan fingerprint density at radius 1 is 1.18 bits per heavy atom. The molecule has 0 aromatic heterocycles. The van der Waals surface area contributed by atoms with Gasteiger partial charge in [-0.05, 0) is 32.1 Å². The molecule has 0 atom stereocenters. The third-order valence-electron chi connectivity index (χ3n) is 2.44. The standard InChI is InChI=1S/C13H29N3O/c1-5-17-11-7-10-16-13(14-4)15-9-6-8-12(2)3/h12H,5-11H2,1-4H3,(H2,14,15,16). The third kappa shape index (κ3) is 11.5. The van der Waals surface area contributed by atoms with Crippen LogP contribution < -0.4 is 10.6 Å². The van der Waals surface area contributed by atoms with Crippen LogP contribution in [-0.2, 0) is 4.74 Å². The quantitative estimate of drug-likeness (QED) is 0.370. The molecule has 0 bridgehead atoms. The number of hydrogen-bond acceptors (Lipinski definition) is 2. The van der Waals surface area contributed by atoms with Crippen molar-refractivity contribution < 1.29 is 4.74 Å². The summed E-state index contributed by atoms with van der Waals surface area (Å²) in [5.41, 5.74) is 0. The van der Waals surface area contributed by atoms with E-state index in [1.165, 1.54) is 12.8 Å². The van der Waals surface area contributed by atoms with Crippen molar-refractivity contribution in [2.75, 3.05) is 33.4 Å². The molecular weight excluding hydrogens is 214 g/mol. The zero-order chi connectivity index (χ0) is 12.9. The van der Waals surface area contributed by atoms with Gasteiger partial charge in [0.05, 0.1) is 0 Å². The second-order valence-electron chi connectivity index (χ2n) is 4.51. The minimum Gasteiger partial charge on any atom is -0.382 e. The van der Waals surface area contributed by atoms with Gasteiger partial charge in [-0.2, -0.15) is 0 Å². The van der Waals surface area contributed by atoms with Crippen LogP contribution >= 0.6 is 0 Å². The Hall–Kier alpha value is -0.770. The fraction of sp³-hybridized carbons (Fsp3) is 0.923. The highest BCUT2D eigenvalue weighted by atomic mass is 16.5. The van der Waals surface area contributed by atoms with E-state index < -0.39 is 0 Å².